The molecule has 11 heteroatoms. The van der Waals surface area contributed by atoms with Crippen molar-refractivity contribution in [2.75, 3.05) is 11.5 Å². The summed E-state index contributed by atoms with van der Waals surface area (Å²) in [5.41, 5.74) is 4.24. The highest BCUT2D eigenvalue weighted by Crippen LogP contribution is 2.16. The Morgan fingerprint density at radius 1 is 1.27 bits per heavy atom. The lowest BCUT2D eigenvalue weighted by Gasteiger charge is -2.10. The summed E-state index contributed by atoms with van der Waals surface area (Å²) in [5.74, 6) is -0.684. The van der Waals surface area contributed by atoms with Crippen molar-refractivity contribution in [1.29, 1.82) is 0 Å². The molecule has 0 aliphatic carbocycles. The minimum absolute atomic E-state index is 0.0575. The van der Waals surface area contributed by atoms with Crippen molar-refractivity contribution in [3.05, 3.63) is 26.4 Å². The lowest BCUT2D eigenvalue weighted by Crippen LogP contribution is -2.41. The number of ketones is 1. The molecule has 10 nitrogen and oxygen atoms in total. The van der Waals surface area contributed by atoms with Crippen LogP contribution in [0.1, 0.15) is 17.3 Å². The average Bonchev–Trinajstić information content (AvgIpc) is 2.96. The molecule has 0 amide bonds. The van der Waals surface area contributed by atoms with E-state index < -0.39 is 17.0 Å². The normalized spacial score (nSPS) is 10.9. The molecule has 0 saturated heterocycles. The molecule has 0 radical (unpaired) electrons. The zero-order chi connectivity index (χ0) is 16.4. The van der Waals surface area contributed by atoms with Crippen LogP contribution in [-0.2, 0) is 20.6 Å². The number of nitrogens with zero attached hydrogens (tertiary/aromatic N) is 6. The van der Waals surface area contributed by atoms with Gasteiger partial charge in [-0.2, -0.15) is 0 Å². The molecule has 0 spiro atoms. The van der Waals surface area contributed by atoms with Crippen molar-refractivity contribution in [2.24, 2.45) is 14.1 Å². The van der Waals surface area contributed by atoms with E-state index in [0.717, 1.165) is 20.9 Å². The third kappa shape index (κ3) is 2.66. The topological polar surface area (TPSA) is 131 Å². The first-order valence-corrected chi connectivity index (χ1v) is 7.34. The number of nitrogens with two attached hydrogens (primary N) is 1. The highest BCUT2D eigenvalue weighted by molar-refractivity contribution is 7.99. The van der Waals surface area contributed by atoms with Gasteiger partial charge in [-0.15, -0.1) is 5.10 Å². The lowest BCUT2D eigenvalue weighted by atomic mass is 10.2. The van der Waals surface area contributed by atoms with Gasteiger partial charge in [0.15, 0.2) is 5.78 Å². The minimum Gasteiger partial charge on any atom is -0.384 e. The second kappa shape index (κ2) is 6.13. The molecular formula is C11H15N7O3S. The van der Waals surface area contributed by atoms with Crippen LogP contribution in [0.15, 0.2) is 14.7 Å². The summed E-state index contributed by atoms with van der Waals surface area (Å²) in [5, 5.41) is 11.5. The molecule has 0 bridgehead atoms. The Balaban J connectivity index is 2.31. The van der Waals surface area contributed by atoms with Gasteiger partial charge in [-0.05, 0) is 17.4 Å². The van der Waals surface area contributed by atoms with Gasteiger partial charge in [0.25, 0.3) is 5.56 Å². The first kappa shape index (κ1) is 15.9. The zero-order valence-corrected chi connectivity index (χ0v) is 13.1. The molecule has 0 aromatic carbocycles. The van der Waals surface area contributed by atoms with Gasteiger partial charge in [0.1, 0.15) is 11.4 Å². The van der Waals surface area contributed by atoms with E-state index in [2.05, 4.69) is 15.5 Å². The van der Waals surface area contributed by atoms with E-state index in [4.69, 9.17) is 5.73 Å². The standard InChI is InChI=1S/C11H15N7O3S/c1-4-18-10(13-14-15-18)22-5-6(19)7-8(12)16(2)11(21)17(3)9(7)20/h4-5,12H2,1-3H3. The molecule has 0 fully saturated rings. The van der Waals surface area contributed by atoms with Gasteiger partial charge < -0.3 is 5.73 Å². The fourth-order valence-electron chi connectivity index (χ4n) is 1.82. The molecule has 0 unspecified atom stereocenters. The SMILES string of the molecule is CCn1nnnc1SCC(=O)c1c(N)n(C)c(=O)n(C)c1=O. The minimum atomic E-state index is -0.707. The van der Waals surface area contributed by atoms with Crippen molar-refractivity contribution in [3.63, 3.8) is 0 Å². The van der Waals surface area contributed by atoms with Crippen LogP contribution in [0.5, 0.6) is 0 Å². The van der Waals surface area contributed by atoms with E-state index in [9.17, 15) is 14.4 Å². The predicted octanol–water partition coefficient (Wildman–Crippen LogP) is -1.35. The number of thioether (sulfide) groups is 1. The quantitative estimate of drug-likeness (QED) is 0.527. The van der Waals surface area contributed by atoms with Gasteiger partial charge >= 0.3 is 5.69 Å². The number of carbonyl (C=O) groups is 1. The zero-order valence-electron chi connectivity index (χ0n) is 12.3. The highest BCUT2D eigenvalue weighted by Gasteiger charge is 2.21. The second-order valence-electron chi connectivity index (χ2n) is 4.46. The maximum atomic E-state index is 12.3. The Bertz CT molecular complexity index is 835. The summed E-state index contributed by atoms with van der Waals surface area (Å²) in [7, 11) is 2.70. The summed E-state index contributed by atoms with van der Waals surface area (Å²) in [6, 6.07) is 0. The van der Waals surface area contributed by atoms with Crippen molar-refractivity contribution in [2.45, 2.75) is 18.6 Å². The first-order valence-electron chi connectivity index (χ1n) is 6.36. The number of aromatic nitrogens is 6. The Hall–Kier alpha value is -2.43. The fourth-order valence-corrected chi connectivity index (χ4v) is 2.64. The second-order valence-corrected chi connectivity index (χ2v) is 5.40. The molecule has 118 valence electrons. The smallest absolute Gasteiger partial charge is 0.332 e. The Kier molecular flexibility index (Phi) is 4.45. The molecule has 2 heterocycles. The third-order valence-electron chi connectivity index (χ3n) is 3.12. The number of aryl methyl sites for hydroxylation is 1. The maximum absolute atomic E-state index is 12.3. The molecule has 2 aromatic heterocycles. The van der Waals surface area contributed by atoms with Crippen molar-refractivity contribution >= 4 is 23.4 Å². The number of carbonyl (C=O) groups excluding carboxylic acids is 1. The van der Waals surface area contributed by atoms with E-state index in [1.165, 1.54) is 18.8 Å². The molecular weight excluding hydrogens is 310 g/mol. The van der Waals surface area contributed by atoms with Crippen LogP contribution < -0.4 is 17.0 Å². The highest BCUT2D eigenvalue weighted by atomic mass is 32.2. The number of Topliss-reactive ketones (excluding diaryl/α,β-unsaturated/α-hetero) is 1. The van der Waals surface area contributed by atoms with Gasteiger partial charge in [0, 0.05) is 20.6 Å². The van der Waals surface area contributed by atoms with E-state index in [1.54, 1.807) is 0 Å². The summed E-state index contributed by atoms with van der Waals surface area (Å²) in [6.45, 7) is 2.43. The Morgan fingerprint density at radius 2 is 1.95 bits per heavy atom. The fraction of sp³-hybridized carbons (Fsp3) is 0.455. The summed E-state index contributed by atoms with van der Waals surface area (Å²) >= 11 is 1.10. The molecule has 22 heavy (non-hydrogen) atoms. The molecule has 0 saturated carbocycles. The van der Waals surface area contributed by atoms with Crippen LogP contribution in [0.4, 0.5) is 5.82 Å². The van der Waals surface area contributed by atoms with Gasteiger partial charge in [0.2, 0.25) is 5.16 Å². The number of nitrogen functional groups attached to an aromatic ring is 1. The molecule has 0 aliphatic rings. The largest absolute Gasteiger partial charge is 0.384 e. The van der Waals surface area contributed by atoms with Gasteiger partial charge in [-0.25, -0.2) is 9.48 Å². The van der Waals surface area contributed by atoms with Crippen molar-refractivity contribution in [3.8, 4) is 0 Å². The molecule has 0 atom stereocenters. The van der Waals surface area contributed by atoms with Crippen LogP contribution in [0, 0.1) is 0 Å². The van der Waals surface area contributed by atoms with E-state index >= 15 is 0 Å². The number of hydrogen-bond donors (Lipinski definition) is 1. The first-order chi connectivity index (χ1) is 10.4. The molecule has 2 aromatic rings. The van der Waals surface area contributed by atoms with Crippen LogP contribution in [0.3, 0.4) is 0 Å². The van der Waals surface area contributed by atoms with Gasteiger partial charge in [-0.3, -0.25) is 18.7 Å². The monoisotopic (exact) mass is 325 g/mol. The van der Waals surface area contributed by atoms with E-state index in [-0.39, 0.29) is 17.1 Å². The van der Waals surface area contributed by atoms with Crippen molar-refractivity contribution in [1.82, 2.24) is 29.3 Å². The van der Waals surface area contributed by atoms with Crippen LogP contribution >= 0.6 is 11.8 Å². The third-order valence-corrected chi connectivity index (χ3v) is 4.08. The van der Waals surface area contributed by atoms with Crippen LogP contribution in [0.2, 0.25) is 0 Å². The van der Waals surface area contributed by atoms with E-state index in [0.29, 0.717) is 11.7 Å². The van der Waals surface area contributed by atoms with Gasteiger partial charge in [-0.1, -0.05) is 11.8 Å². The van der Waals surface area contributed by atoms with Crippen LogP contribution in [0.25, 0.3) is 0 Å². The molecule has 2 N–H and O–H groups in total. The van der Waals surface area contributed by atoms with Gasteiger partial charge in [0.05, 0.1) is 5.75 Å². The van der Waals surface area contributed by atoms with E-state index in [1.807, 2.05) is 6.92 Å². The molecule has 2 rings (SSSR count). The average molecular weight is 325 g/mol. The maximum Gasteiger partial charge on any atom is 0.332 e. The van der Waals surface area contributed by atoms with Crippen molar-refractivity contribution < 1.29 is 4.79 Å². The number of anilines is 1. The Labute approximate surface area is 128 Å². The Morgan fingerprint density at radius 3 is 2.59 bits per heavy atom. The number of tetrazole rings is 1. The summed E-state index contributed by atoms with van der Waals surface area (Å²) in [6.07, 6.45) is 0. The molecule has 0 aliphatic heterocycles. The summed E-state index contributed by atoms with van der Waals surface area (Å²) in [4.78, 5) is 36.1. The lowest BCUT2D eigenvalue weighted by molar-refractivity contribution is 0.102. The number of rotatable bonds is 5. The summed E-state index contributed by atoms with van der Waals surface area (Å²) < 4.78 is 3.44. The predicted molar refractivity (Wildman–Crippen MR) is 79.9 cm³/mol. The number of hydrogen-bond acceptors (Lipinski definition) is 8. The van der Waals surface area contributed by atoms with Crippen LogP contribution in [-0.4, -0.2) is 40.9 Å².